The molecule has 4 atom stereocenters. The molecule has 0 aliphatic carbocycles. The van der Waals surface area contributed by atoms with Gasteiger partial charge in [0.1, 0.15) is 12.2 Å². The van der Waals surface area contributed by atoms with Gasteiger partial charge < -0.3 is 23.7 Å². The van der Waals surface area contributed by atoms with E-state index in [9.17, 15) is 0 Å². The number of ether oxygens (including phenoxy) is 5. The van der Waals surface area contributed by atoms with E-state index in [1.54, 1.807) is 0 Å². The van der Waals surface area contributed by atoms with Crippen LogP contribution in [0, 0.1) is 0 Å². The van der Waals surface area contributed by atoms with E-state index in [2.05, 4.69) is 43.3 Å². The molecule has 0 spiro atoms. The summed E-state index contributed by atoms with van der Waals surface area (Å²) in [4.78, 5) is 0. The molecule has 1 aliphatic heterocycles. The highest BCUT2D eigenvalue weighted by Gasteiger charge is 2.41. The van der Waals surface area contributed by atoms with Crippen molar-refractivity contribution >= 4 is 0 Å². The monoisotopic (exact) mass is 602 g/mol. The highest BCUT2D eigenvalue weighted by molar-refractivity contribution is 5.15. The molecule has 0 aromatic heterocycles. The first kappa shape index (κ1) is 34.3. The van der Waals surface area contributed by atoms with Crippen molar-refractivity contribution in [1.29, 1.82) is 0 Å². The molecule has 4 rings (SSSR count). The summed E-state index contributed by atoms with van der Waals surface area (Å²) in [6, 6.07) is 30.8. The molecule has 0 amide bonds. The van der Waals surface area contributed by atoms with Crippen LogP contribution in [-0.4, -0.2) is 37.8 Å². The SMILES string of the molecule is CCCCCCCCCCCCO[C@@H]1C[C@@H](OCc2ccccc2)[C@H](OCc2ccccc2)[C@@H](COCc2ccccc2)O1. The van der Waals surface area contributed by atoms with Gasteiger partial charge in [0, 0.05) is 13.0 Å². The van der Waals surface area contributed by atoms with Crippen molar-refractivity contribution in [3.8, 4) is 0 Å². The predicted octanol–water partition coefficient (Wildman–Crippen LogP) is 9.43. The lowest BCUT2D eigenvalue weighted by Gasteiger charge is -2.41. The quantitative estimate of drug-likeness (QED) is 0.107. The summed E-state index contributed by atoms with van der Waals surface area (Å²) in [7, 11) is 0. The molecule has 0 saturated carbocycles. The number of unbranched alkanes of at least 4 members (excludes halogenated alkanes) is 9. The fraction of sp³-hybridized carbons (Fsp3) is 0.538. The Morgan fingerprint density at radius 3 is 1.64 bits per heavy atom. The van der Waals surface area contributed by atoms with Gasteiger partial charge in [-0.25, -0.2) is 0 Å². The minimum atomic E-state index is -0.351. The Balaban J connectivity index is 1.32. The molecule has 0 radical (unpaired) electrons. The summed E-state index contributed by atoms with van der Waals surface area (Å²) < 4.78 is 32.2. The Labute approximate surface area is 266 Å². The molecule has 3 aromatic rings. The van der Waals surface area contributed by atoms with Crippen molar-refractivity contribution in [1.82, 2.24) is 0 Å². The molecule has 1 fully saturated rings. The maximum Gasteiger partial charge on any atom is 0.160 e. The Kier molecular flexibility index (Phi) is 16.6. The van der Waals surface area contributed by atoms with Gasteiger partial charge in [-0.05, 0) is 23.1 Å². The van der Waals surface area contributed by atoms with E-state index >= 15 is 0 Å². The molecule has 1 heterocycles. The molecule has 5 nitrogen and oxygen atoms in total. The molecule has 1 aliphatic rings. The molecule has 0 unspecified atom stereocenters. The summed E-state index contributed by atoms with van der Waals surface area (Å²) in [6.07, 6.45) is 12.5. The summed E-state index contributed by atoms with van der Waals surface area (Å²) in [5, 5.41) is 0. The van der Waals surface area contributed by atoms with E-state index in [1.165, 1.54) is 57.8 Å². The third-order valence-electron chi connectivity index (χ3n) is 8.27. The zero-order chi connectivity index (χ0) is 30.5. The lowest BCUT2D eigenvalue weighted by molar-refractivity contribution is -0.278. The van der Waals surface area contributed by atoms with Crippen molar-refractivity contribution in [3.63, 3.8) is 0 Å². The first-order chi connectivity index (χ1) is 21.8. The molecule has 0 N–H and O–H groups in total. The molecule has 3 aromatic carbocycles. The van der Waals surface area contributed by atoms with Crippen LogP contribution < -0.4 is 0 Å². The Hall–Kier alpha value is -2.54. The molecule has 1 saturated heterocycles. The zero-order valence-electron chi connectivity index (χ0n) is 26.8. The van der Waals surface area contributed by atoms with Crippen LogP contribution in [0.2, 0.25) is 0 Å². The number of rotatable bonds is 22. The normalized spacial score (nSPS) is 20.1. The van der Waals surface area contributed by atoms with Gasteiger partial charge in [0.15, 0.2) is 6.29 Å². The van der Waals surface area contributed by atoms with E-state index < -0.39 is 0 Å². The lowest BCUT2D eigenvalue weighted by Crippen LogP contribution is -2.53. The highest BCUT2D eigenvalue weighted by atomic mass is 16.7. The van der Waals surface area contributed by atoms with Crippen LogP contribution in [0.25, 0.3) is 0 Å². The van der Waals surface area contributed by atoms with Crippen LogP contribution in [0.5, 0.6) is 0 Å². The summed E-state index contributed by atoms with van der Waals surface area (Å²) in [6.45, 7) is 4.89. The van der Waals surface area contributed by atoms with Crippen LogP contribution in [0.15, 0.2) is 91.0 Å². The average molecular weight is 603 g/mol. The largest absolute Gasteiger partial charge is 0.374 e. The average Bonchev–Trinajstić information content (AvgIpc) is 3.07. The summed E-state index contributed by atoms with van der Waals surface area (Å²) in [5.74, 6) is 0. The Morgan fingerprint density at radius 1 is 0.568 bits per heavy atom. The number of hydrogen-bond donors (Lipinski definition) is 0. The smallest absolute Gasteiger partial charge is 0.160 e. The summed E-state index contributed by atoms with van der Waals surface area (Å²) >= 11 is 0. The molecule has 44 heavy (non-hydrogen) atoms. The molecule has 240 valence electrons. The van der Waals surface area contributed by atoms with E-state index in [4.69, 9.17) is 23.7 Å². The van der Waals surface area contributed by atoms with Crippen molar-refractivity contribution in [2.45, 2.75) is 122 Å². The lowest BCUT2D eigenvalue weighted by atomic mass is 10.0. The van der Waals surface area contributed by atoms with Gasteiger partial charge in [-0.1, -0.05) is 156 Å². The maximum atomic E-state index is 6.56. The predicted molar refractivity (Wildman–Crippen MR) is 177 cm³/mol. The van der Waals surface area contributed by atoms with E-state index in [0.29, 0.717) is 39.5 Å². The second kappa shape index (κ2) is 21.2. The van der Waals surface area contributed by atoms with E-state index in [-0.39, 0.29) is 24.6 Å². The molecular formula is C39H54O5. The van der Waals surface area contributed by atoms with Crippen LogP contribution in [0.1, 0.15) is 94.2 Å². The number of benzene rings is 3. The van der Waals surface area contributed by atoms with E-state index in [1.807, 2.05) is 54.6 Å². The first-order valence-corrected chi connectivity index (χ1v) is 17.0. The van der Waals surface area contributed by atoms with Crippen molar-refractivity contribution < 1.29 is 23.7 Å². The van der Waals surface area contributed by atoms with Crippen LogP contribution in [0.4, 0.5) is 0 Å². The third-order valence-corrected chi connectivity index (χ3v) is 8.27. The third kappa shape index (κ3) is 13.2. The minimum Gasteiger partial charge on any atom is -0.374 e. The zero-order valence-corrected chi connectivity index (χ0v) is 26.8. The number of hydrogen-bond acceptors (Lipinski definition) is 5. The second-order valence-corrected chi connectivity index (χ2v) is 12.0. The molecule has 0 bridgehead atoms. The Bertz CT molecular complexity index is 1090. The Morgan fingerprint density at radius 2 is 1.07 bits per heavy atom. The van der Waals surface area contributed by atoms with Crippen LogP contribution in [0.3, 0.4) is 0 Å². The minimum absolute atomic E-state index is 0.185. The van der Waals surface area contributed by atoms with Gasteiger partial charge in [0.2, 0.25) is 0 Å². The fourth-order valence-electron chi connectivity index (χ4n) is 5.73. The van der Waals surface area contributed by atoms with Gasteiger partial charge in [-0.3, -0.25) is 0 Å². The van der Waals surface area contributed by atoms with Crippen LogP contribution >= 0.6 is 0 Å². The van der Waals surface area contributed by atoms with Crippen molar-refractivity contribution in [3.05, 3.63) is 108 Å². The second-order valence-electron chi connectivity index (χ2n) is 12.0. The van der Waals surface area contributed by atoms with Crippen molar-refractivity contribution in [2.24, 2.45) is 0 Å². The maximum absolute atomic E-state index is 6.56. The summed E-state index contributed by atoms with van der Waals surface area (Å²) in [5.41, 5.74) is 3.40. The standard InChI is InChI=1S/C39H54O5/c1-2-3-4-5-6-7-8-9-10-20-27-41-38-28-36(42-30-34-23-16-12-17-24-34)39(43-31-35-25-18-13-19-26-35)37(44-38)32-40-29-33-21-14-11-15-22-33/h11-19,21-26,36-39H,2-10,20,27-32H2,1H3/t36-,37-,38+,39+/m1/s1. The topological polar surface area (TPSA) is 46.2 Å². The van der Waals surface area contributed by atoms with Gasteiger partial charge in [-0.15, -0.1) is 0 Å². The van der Waals surface area contributed by atoms with Crippen LogP contribution in [-0.2, 0) is 43.5 Å². The van der Waals surface area contributed by atoms with Gasteiger partial charge >= 0.3 is 0 Å². The molecule has 5 heteroatoms. The van der Waals surface area contributed by atoms with Gasteiger partial charge in [0.05, 0.1) is 32.5 Å². The first-order valence-electron chi connectivity index (χ1n) is 17.0. The van der Waals surface area contributed by atoms with Gasteiger partial charge in [0.25, 0.3) is 0 Å². The highest BCUT2D eigenvalue weighted by Crippen LogP contribution is 2.29. The van der Waals surface area contributed by atoms with E-state index in [0.717, 1.165) is 23.1 Å². The van der Waals surface area contributed by atoms with Gasteiger partial charge in [-0.2, -0.15) is 0 Å². The van der Waals surface area contributed by atoms with Crippen molar-refractivity contribution in [2.75, 3.05) is 13.2 Å². The fourth-order valence-corrected chi connectivity index (χ4v) is 5.73. The molecular weight excluding hydrogens is 548 g/mol.